The topological polar surface area (TPSA) is 66.4 Å². The van der Waals surface area contributed by atoms with E-state index in [2.05, 4.69) is 24.4 Å². The van der Waals surface area contributed by atoms with Gasteiger partial charge in [-0.25, -0.2) is 0 Å². The Bertz CT molecular complexity index is 405. The Morgan fingerprint density at radius 2 is 2.05 bits per heavy atom. The fourth-order valence-corrected chi connectivity index (χ4v) is 3.78. The SMILES string of the molecule is CCCC(CCNC(=O)C1CC2C=CC1C2)CCC(=O)O. The third-order valence-electron chi connectivity index (χ3n) is 4.93. The van der Waals surface area contributed by atoms with Crippen LogP contribution in [0.1, 0.15) is 51.9 Å². The van der Waals surface area contributed by atoms with Crippen molar-refractivity contribution < 1.29 is 14.7 Å². The van der Waals surface area contributed by atoms with Gasteiger partial charge in [-0.3, -0.25) is 9.59 Å². The lowest BCUT2D eigenvalue weighted by Crippen LogP contribution is -2.34. The van der Waals surface area contributed by atoms with Crippen molar-refractivity contribution in [2.45, 2.75) is 51.9 Å². The fourth-order valence-electron chi connectivity index (χ4n) is 3.78. The minimum absolute atomic E-state index is 0.170. The molecule has 4 heteroatoms. The molecule has 118 valence electrons. The highest BCUT2D eigenvalue weighted by atomic mass is 16.4. The molecule has 2 N–H and O–H groups in total. The van der Waals surface area contributed by atoms with Crippen molar-refractivity contribution in [3.8, 4) is 0 Å². The van der Waals surface area contributed by atoms with Gasteiger partial charge in [0, 0.05) is 18.9 Å². The number of allylic oxidation sites excluding steroid dienone is 2. The van der Waals surface area contributed by atoms with Crippen LogP contribution in [0, 0.1) is 23.7 Å². The summed E-state index contributed by atoms with van der Waals surface area (Å²) in [5.41, 5.74) is 0. The Morgan fingerprint density at radius 3 is 2.62 bits per heavy atom. The highest BCUT2D eigenvalue weighted by Crippen LogP contribution is 2.43. The summed E-state index contributed by atoms with van der Waals surface area (Å²) in [5, 5.41) is 11.8. The zero-order chi connectivity index (χ0) is 15.2. The number of rotatable bonds is 9. The number of hydrogen-bond acceptors (Lipinski definition) is 2. The van der Waals surface area contributed by atoms with E-state index >= 15 is 0 Å². The second-order valence-electron chi connectivity index (χ2n) is 6.55. The lowest BCUT2D eigenvalue weighted by molar-refractivity contribution is -0.137. The molecule has 2 bridgehead atoms. The van der Waals surface area contributed by atoms with Gasteiger partial charge in [0.15, 0.2) is 0 Å². The molecule has 2 rings (SSSR count). The molecule has 0 spiro atoms. The maximum absolute atomic E-state index is 12.2. The molecule has 2 aliphatic rings. The lowest BCUT2D eigenvalue weighted by Gasteiger charge is -2.19. The van der Waals surface area contributed by atoms with Gasteiger partial charge < -0.3 is 10.4 Å². The van der Waals surface area contributed by atoms with Crippen LogP contribution >= 0.6 is 0 Å². The van der Waals surface area contributed by atoms with Gasteiger partial charge in [-0.15, -0.1) is 0 Å². The molecule has 4 nitrogen and oxygen atoms in total. The van der Waals surface area contributed by atoms with Crippen LogP contribution in [0.5, 0.6) is 0 Å². The molecule has 0 radical (unpaired) electrons. The van der Waals surface area contributed by atoms with Crippen LogP contribution in [0.25, 0.3) is 0 Å². The number of aliphatic carboxylic acids is 1. The number of carboxylic acid groups (broad SMARTS) is 1. The molecule has 1 amide bonds. The summed E-state index contributed by atoms with van der Waals surface area (Å²) in [6.45, 7) is 2.80. The molecule has 0 aliphatic heterocycles. The van der Waals surface area contributed by atoms with Gasteiger partial charge in [-0.2, -0.15) is 0 Å². The minimum Gasteiger partial charge on any atom is -0.481 e. The molecule has 2 aliphatic carbocycles. The second-order valence-corrected chi connectivity index (χ2v) is 6.55. The number of amides is 1. The first kappa shape index (κ1) is 16.1. The van der Waals surface area contributed by atoms with E-state index in [-0.39, 0.29) is 18.2 Å². The normalized spacial score (nSPS) is 27.8. The Balaban J connectivity index is 1.68. The molecule has 0 aromatic rings. The highest BCUT2D eigenvalue weighted by Gasteiger charge is 2.39. The monoisotopic (exact) mass is 293 g/mol. The molecule has 4 unspecified atom stereocenters. The molecule has 1 fully saturated rings. The molecule has 0 saturated heterocycles. The van der Waals surface area contributed by atoms with Crippen LogP contribution in [0.2, 0.25) is 0 Å². The predicted molar refractivity (Wildman–Crippen MR) is 81.7 cm³/mol. The van der Waals surface area contributed by atoms with Gasteiger partial charge in [0.1, 0.15) is 0 Å². The summed E-state index contributed by atoms with van der Waals surface area (Å²) >= 11 is 0. The summed E-state index contributed by atoms with van der Waals surface area (Å²) in [6.07, 6.45) is 10.5. The highest BCUT2D eigenvalue weighted by molar-refractivity contribution is 5.79. The van der Waals surface area contributed by atoms with Crippen LogP contribution in [-0.4, -0.2) is 23.5 Å². The van der Waals surface area contributed by atoms with E-state index < -0.39 is 5.97 Å². The summed E-state index contributed by atoms with van der Waals surface area (Å²) < 4.78 is 0. The molecular weight excluding hydrogens is 266 g/mol. The van der Waals surface area contributed by atoms with E-state index in [1.807, 2.05) is 0 Å². The molecule has 1 saturated carbocycles. The fraction of sp³-hybridized carbons (Fsp3) is 0.765. The molecule has 0 aromatic heterocycles. The average molecular weight is 293 g/mol. The first-order valence-electron chi connectivity index (χ1n) is 8.28. The van der Waals surface area contributed by atoms with Gasteiger partial charge in [-0.05, 0) is 43.4 Å². The number of carbonyl (C=O) groups excluding carboxylic acids is 1. The molecule has 0 heterocycles. The van der Waals surface area contributed by atoms with Crippen molar-refractivity contribution in [2.24, 2.45) is 23.7 Å². The smallest absolute Gasteiger partial charge is 0.303 e. The maximum Gasteiger partial charge on any atom is 0.303 e. The Hall–Kier alpha value is -1.32. The van der Waals surface area contributed by atoms with Gasteiger partial charge in [0.2, 0.25) is 5.91 Å². The largest absolute Gasteiger partial charge is 0.481 e. The zero-order valence-electron chi connectivity index (χ0n) is 12.9. The van der Waals surface area contributed by atoms with Gasteiger partial charge >= 0.3 is 5.97 Å². The molecule has 0 aromatic carbocycles. The van der Waals surface area contributed by atoms with Crippen LogP contribution < -0.4 is 5.32 Å². The number of carboxylic acids is 1. The van der Waals surface area contributed by atoms with Crippen molar-refractivity contribution >= 4 is 11.9 Å². The average Bonchev–Trinajstić information content (AvgIpc) is 3.07. The standard InChI is InChI=1S/C17H27NO3/c1-2-3-12(5-7-16(19)20)8-9-18-17(21)15-11-13-4-6-14(15)10-13/h4,6,12-15H,2-3,5,7-11H2,1H3,(H,18,21)(H,19,20). The Morgan fingerprint density at radius 1 is 1.24 bits per heavy atom. The Labute approximate surface area is 127 Å². The first-order chi connectivity index (χ1) is 10.1. The van der Waals surface area contributed by atoms with E-state index in [0.29, 0.717) is 24.3 Å². The molecule has 4 atom stereocenters. The number of hydrogen-bond donors (Lipinski definition) is 2. The Kier molecular flexibility index (Phi) is 5.83. The summed E-state index contributed by atoms with van der Waals surface area (Å²) in [7, 11) is 0. The maximum atomic E-state index is 12.2. The quantitative estimate of drug-likeness (QED) is 0.642. The summed E-state index contributed by atoms with van der Waals surface area (Å²) in [4.78, 5) is 22.9. The van der Waals surface area contributed by atoms with Crippen LogP contribution in [0.3, 0.4) is 0 Å². The third kappa shape index (κ3) is 4.58. The number of nitrogens with one attached hydrogen (secondary N) is 1. The van der Waals surface area contributed by atoms with Crippen LogP contribution in [0.15, 0.2) is 12.2 Å². The number of fused-ring (bicyclic) bond motifs is 2. The van der Waals surface area contributed by atoms with Crippen LogP contribution in [-0.2, 0) is 9.59 Å². The molecule has 21 heavy (non-hydrogen) atoms. The zero-order valence-corrected chi connectivity index (χ0v) is 12.9. The second kappa shape index (κ2) is 7.62. The van der Waals surface area contributed by atoms with Crippen molar-refractivity contribution in [3.63, 3.8) is 0 Å². The van der Waals surface area contributed by atoms with Gasteiger partial charge in [-0.1, -0.05) is 31.9 Å². The summed E-state index contributed by atoms with van der Waals surface area (Å²) in [5.74, 6) is 1.12. The van der Waals surface area contributed by atoms with E-state index in [9.17, 15) is 9.59 Å². The van der Waals surface area contributed by atoms with Gasteiger partial charge in [0.25, 0.3) is 0 Å². The van der Waals surface area contributed by atoms with E-state index in [1.165, 1.54) is 0 Å². The van der Waals surface area contributed by atoms with Gasteiger partial charge in [0.05, 0.1) is 0 Å². The first-order valence-corrected chi connectivity index (χ1v) is 8.28. The summed E-state index contributed by atoms with van der Waals surface area (Å²) in [6, 6.07) is 0. The van der Waals surface area contributed by atoms with Crippen molar-refractivity contribution in [1.82, 2.24) is 5.32 Å². The van der Waals surface area contributed by atoms with E-state index in [4.69, 9.17) is 5.11 Å². The lowest BCUT2D eigenvalue weighted by atomic mass is 9.92. The van der Waals surface area contributed by atoms with Crippen molar-refractivity contribution in [2.75, 3.05) is 6.54 Å². The van der Waals surface area contributed by atoms with Crippen molar-refractivity contribution in [1.29, 1.82) is 0 Å². The van der Waals surface area contributed by atoms with E-state index in [1.54, 1.807) is 0 Å². The minimum atomic E-state index is -0.728. The van der Waals surface area contributed by atoms with Crippen LogP contribution in [0.4, 0.5) is 0 Å². The van der Waals surface area contributed by atoms with E-state index in [0.717, 1.165) is 38.5 Å². The molecular formula is C17H27NO3. The predicted octanol–water partition coefficient (Wildman–Crippen LogP) is 2.99. The number of carbonyl (C=O) groups is 2. The van der Waals surface area contributed by atoms with Crippen molar-refractivity contribution in [3.05, 3.63) is 12.2 Å². The third-order valence-corrected chi connectivity index (χ3v) is 4.93.